The first-order valence-corrected chi connectivity index (χ1v) is 4.05. The van der Waals surface area contributed by atoms with Crippen molar-refractivity contribution < 1.29 is 9.53 Å². The predicted molar refractivity (Wildman–Crippen MR) is 44.1 cm³/mol. The molecule has 0 aromatic rings. The highest BCUT2D eigenvalue weighted by molar-refractivity contribution is 5.73. The van der Waals surface area contributed by atoms with Crippen LogP contribution in [0.15, 0.2) is 0 Å². The zero-order chi connectivity index (χ0) is 8.85. The molecule has 0 saturated heterocycles. The van der Waals surface area contributed by atoms with Gasteiger partial charge in [0, 0.05) is 6.04 Å². The lowest BCUT2D eigenvalue weighted by Gasteiger charge is -2.16. The van der Waals surface area contributed by atoms with E-state index < -0.39 is 0 Å². The topological polar surface area (TPSA) is 52.3 Å². The van der Waals surface area contributed by atoms with Crippen molar-refractivity contribution in [3.63, 3.8) is 0 Å². The molecule has 0 saturated carbocycles. The average Bonchev–Trinajstić information content (AvgIpc) is 1.88. The number of carbonyl (C=O) groups excluding carboxylic acids is 1. The van der Waals surface area contributed by atoms with Gasteiger partial charge in [-0.05, 0) is 20.3 Å². The van der Waals surface area contributed by atoms with Crippen molar-refractivity contribution in [3.05, 3.63) is 0 Å². The molecule has 0 heterocycles. The van der Waals surface area contributed by atoms with Gasteiger partial charge in [0.1, 0.15) is 0 Å². The Kier molecular flexibility index (Phi) is 4.86. The summed E-state index contributed by atoms with van der Waals surface area (Å²) in [7, 11) is 0. The Hall–Kier alpha value is -0.570. The van der Waals surface area contributed by atoms with E-state index in [1.807, 2.05) is 13.8 Å². The molecule has 11 heavy (non-hydrogen) atoms. The van der Waals surface area contributed by atoms with Crippen LogP contribution < -0.4 is 5.73 Å². The molecule has 0 bridgehead atoms. The first-order valence-electron chi connectivity index (χ1n) is 4.05. The van der Waals surface area contributed by atoms with Crippen molar-refractivity contribution in [1.82, 2.24) is 0 Å². The van der Waals surface area contributed by atoms with Gasteiger partial charge < -0.3 is 10.5 Å². The predicted octanol–water partition coefficient (Wildman–Crippen LogP) is 0.923. The van der Waals surface area contributed by atoms with Crippen LogP contribution in [0.25, 0.3) is 0 Å². The first-order chi connectivity index (χ1) is 5.13. The van der Waals surface area contributed by atoms with Crippen molar-refractivity contribution in [1.29, 1.82) is 0 Å². The van der Waals surface area contributed by atoms with E-state index in [1.165, 1.54) is 0 Å². The highest BCUT2D eigenvalue weighted by Crippen LogP contribution is 2.08. The van der Waals surface area contributed by atoms with Crippen LogP contribution in [0.2, 0.25) is 0 Å². The normalized spacial score (nSPS) is 15.6. The fourth-order valence-electron chi connectivity index (χ4n) is 1.00. The number of rotatable bonds is 4. The van der Waals surface area contributed by atoms with Crippen LogP contribution in [-0.4, -0.2) is 18.6 Å². The molecule has 0 fully saturated rings. The molecule has 0 radical (unpaired) electrons. The molecule has 0 aliphatic heterocycles. The maximum Gasteiger partial charge on any atom is 0.310 e. The fourth-order valence-corrected chi connectivity index (χ4v) is 1.00. The molecule has 0 rings (SSSR count). The summed E-state index contributed by atoms with van der Waals surface area (Å²) < 4.78 is 4.84. The smallest absolute Gasteiger partial charge is 0.310 e. The maximum atomic E-state index is 11.1. The minimum Gasteiger partial charge on any atom is -0.466 e. The van der Waals surface area contributed by atoms with Crippen LogP contribution in [0.4, 0.5) is 0 Å². The fraction of sp³-hybridized carbons (Fsp3) is 0.875. The van der Waals surface area contributed by atoms with Crippen LogP contribution >= 0.6 is 0 Å². The average molecular weight is 159 g/mol. The molecule has 66 valence electrons. The van der Waals surface area contributed by atoms with Crippen LogP contribution in [0, 0.1) is 5.92 Å². The lowest BCUT2D eigenvalue weighted by atomic mass is 10.00. The largest absolute Gasteiger partial charge is 0.466 e. The molecular formula is C8H17NO2. The van der Waals surface area contributed by atoms with Crippen LogP contribution in [0.1, 0.15) is 27.2 Å². The summed E-state index contributed by atoms with van der Waals surface area (Å²) in [5.41, 5.74) is 5.58. The van der Waals surface area contributed by atoms with E-state index in [0.29, 0.717) is 6.61 Å². The third kappa shape index (κ3) is 3.37. The second-order valence-corrected chi connectivity index (χ2v) is 2.63. The molecule has 2 atom stereocenters. The van der Waals surface area contributed by atoms with Gasteiger partial charge in [0.25, 0.3) is 0 Å². The highest BCUT2D eigenvalue weighted by Gasteiger charge is 2.21. The van der Waals surface area contributed by atoms with Gasteiger partial charge in [-0.15, -0.1) is 0 Å². The molecule has 0 aliphatic rings. The van der Waals surface area contributed by atoms with Gasteiger partial charge in [0.05, 0.1) is 12.5 Å². The zero-order valence-corrected chi connectivity index (χ0v) is 7.46. The van der Waals surface area contributed by atoms with Crippen LogP contribution in [0.3, 0.4) is 0 Å². The van der Waals surface area contributed by atoms with E-state index in [-0.39, 0.29) is 17.9 Å². The van der Waals surface area contributed by atoms with E-state index in [0.717, 1.165) is 6.42 Å². The van der Waals surface area contributed by atoms with E-state index in [4.69, 9.17) is 10.5 Å². The number of ether oxygens (including phenoxy) is 1. The van der Waals surface area contributed by atoms with Crippen molar-refractivity contribution in [3.8, 4) is 0 Å². The first kappa shape index (κ1) is 10.4. The van der Waals surface area contributed by atoms with Crippen molar-refractivity contribution >= 4 is 5.97 Å². The van der Waals surface area contributed by atoms with E-state index in [1.54, 1.807) is 6.92 Å². The molecule has 0 spiro atoms. The van der Waals surface area contributed by atoms with Gasteiger partial charge in [-0.1, -0.05) is 6.92 Å². The second kappa shape index (κ2) is 5.13. The number of hydrogen-bond acceptors (Lipinski definition) is 3. The summed E-state index contributed by atoms with van der Waals surface area (Å²) >= 11 is 0. The van der Waals surface area contributed by atoms with Gasteiger partial charge >= 0.3 is 5.97 Å². The van der Waals surface area contributed by atoms with Gasteiger partial charge in [0.2, 0.25) is 0 Å². The summed E-state index contributed by atoms with van der Waals surface area (Å²) in [6.07, 6.45) is 0.747. The van der Waals surface area contributed by atoms with Gasteiger partial charge in [-0.25, -0.2) is 0 Å². The summed E-state index contributed by atoms with van der Waals surface area (Å²) in [6, 6.07) is -0.112. The molecule has 0 aromatic carbocycles. The van der Waals surface area contributed by atoms with Crippen molar-refractivity contribution in [2.75, 3.05) is 6.61 Å². The third-order valence-corrected chi connectivity index (χ3v) is 1.66. The van der Waals surface area contributed by atoms with E-state index >= 15 is 0 Å². The zero-order valence-electron chi connectivity index (χ0n) is 7.46. The minimum atomic E-state index is -0.176. The molecule has 0 aromatic heterocycles. The maximum absolute atomic E-state index is 11.1. The molecule has 2 N–H and O–H groups in total. The van der Waals surface area contributed by atoms with Crippen LogP contribution in [-0.2, 0) is 9.53 Å². The summed E-state index contributed by atoms with van der Waals surface area (Å²) in [5, 5.41) is 0. The number of esters is 1. The SMILES string of the molecule is CCOC(=O)C(CC)C(C)N. The molecule has 0 aliphatic carbocycles. The quantitative estimate of drug-likeness (QED) is 0.621. The molecule has 0 amide bonds. The Morgan fingerprint density at radius 2 is 2.09 bits per heavy atom. The second-order valence-electron chi connectivity index (χ2n) is 2.63. The summed E-state index contributed by atoms with van der Waals surface area (Å²) in [5.74, 6) is -0.319. The Morgan fingerprint density at radius 3 is 2.36 bits per heavy atom. The summed E-state index contributed by atoms with van der Waals surface area (Å²) in [6.45, 7) is 5.99. The number of hydrogen-bond donors (Lipinski definition) is 1. The number of carbonyl (C=O) groups is 1. The van der Waals surface area contributed by atoms with Crippen molar-refractivity contribution in [2.45, 2.75) is 33.2 Å². The van der Waals surface area contributed by atoms with Crippen LogP contribution in [0.5, 0.6) is 0 Å². The Balaban J connectivity index is 3.92. The minimum absolute atomic E-state index is 0.112. The third-order valence-electron chi connectivity index (χ3n) is 1.66. The molecular weight excluding hydrogens is 142 g/mol. The van der Waals surface area contributed by atoms with Gasteiger partial charge in [-0.3, -0.25) is 4.79 Å². The number of nitrogens with two attached hydrogens (primary N) is 1. The Morgan fingerprint density at radius 1 is 1.55 bits per heavy atom. The molecule has 2 unspecified atom stereocenters. The van der Waals surface area contributed by atoms with E-state index in [2.05, 4.69) is 0 Å². The summed E-state index contributed by atoms with van der Waals surface area (Å²) in [4.78, 5) is 11.1. The monoisotopic (exact) mass is 159 g/mol. The highest BCUT2D eigenvalue weighted by atomic mass is 16.5. The lowest BCUT2D eigenvalue weighted by molar-refractivity contribution is -0.148. The van der Waals surface area contributed by atoms with Gasteiger partial charge in [-0.2, -0.15) is 0 Å². The van der Waals surface area contributed by atoms with Gasteiger partial charge in [0.15, 0.2) is 0 Å². The Bertz CT molecular complexity index is 123. The van der Waals surface area contributed by atoms with E-state index in [9.17, 15) is 4.79 Å². The van der Waals surface area contributed by atoms with Crippen molar-refractivity contribution in [2.24, 2.45) is 11.7 Å². The lowest BCUT2D eigenvalue weighted by Crippen LogP contribution is -2.33. The molecule has 3 nitrogen and oxygen atoms in total. The Labute approximate surface area is 67.9 Å². The molecule has 3 heteroatoms. The standard InChI is InChI=1S/C8H17NO2/c1-4-7(6(3)9)8(10)11-5-2/h6-7H,4-5,9H2,1-3H3.